The van der Waals surface area contributed by atoms with Gasteiger partial charge in [-0.3, -0.25) is 0 Å². The van der Waals surface area contributed by atoms with E-state index in [-0.39, 0.29) is 4.90 Å². The summed E-state index contributed by atoms with van der Waals surface area (Å²) in [5, 5.41) is 10.4. The second kappa shape index (κ2) is 7.04. The van der Waals surface area contributed by atoms with Gasteiger partial charge in [0.2, 0.25) is 10.0 Å². The molecule has 1 aliphatic carbocycles. The van der Waals surface area contributed by atoms with E-state index in [2.05, 4.69) is 0 Å². The van der Waals surface area contributed by atoms with E-state index < -0.39 is 34.1 Å². The number of likely N-dealkylation sites (N-methyl/N-ethyl adjacent to an activating group) is 1. The van der Waals surface area contributed by atoms with Gasteiger partial charge in [0.15, 0.2) is 0 Å². The molecule has 0 unspecified atom stereocenters. The Labute approximate surface area is 130 Å². The molecule has 3 atom stereocenters. The Kier molecular flexibility index (Phi) is 5.55. The number of hydrogen-bond donors (Lipinski definition) is 1. The Hall–Kier alpha value is -1.02. The SMILES string of the molecule is CO[C@@H]1CCCC[C@@H](N(C)S(=O)(=O)c2ccccc2F)[C@H]1O. The first-order valence-corrected chi connectivity index (χ1v) is 8.77. The molecule has 22 heavy (non-hydrogen) atoms. The van der Waals surface area contributed by atoms with Crippen LogP contribution in [0, 0.1) is 5.82 Å². The first-order valence-electron chi connectivity index (χ1n) is 7.33. The van der Waals surface area contributed by atoms with E-state index in [4.69, 9.17) is 4.74 Å². The van der Waals surface area contributed by atoms with E-state index in [0.29, 0.717) is 12.8 Å². The molecule has 5 nitrogen and oxygen atoms in total. The number of hydrogen-bond acceptors (Lipinski definition) is 4. The Morgan fingerprint density at radius 2 is 1.91 bits per heavy atom. The fraction of sp³-hybridized carbons (Fsp3) is 0.600. The maximum absolute atomic E-state index is 13.8. The summed E-state index contributed by atoms with van der Waals surface area (Å²) >= 11 is 0. The van der Waals surface area contributed by atoms with Gasteiger partial charge in [0.25, 0.3) is 0 Å². The quantitative estimate of drug-likeness (QED) is 0.854. The molecule has 124 valence electrons. The highest BCUT2D eigenvalue weighted by molar-refractivity contribution is 7.89. The van der Waals surface area contributed by atoms with Gasteiger partial charge >= 0.3 is 0 Å². The zero-order valence-electron chi connectivity index (χ0n) is 12.8. The molecule has 7 heteroatoms. The van der Waals surface area contributed by atoms with Crippen molar-refractivity contribution in [3.8, 4) is 0 Å². The molecule has 0 bridgehead atoms. The Morgan fingerprint density at radius 1 is 1.27 bits per heavy atom. The number of rotatable bonds is 4. The lowest BCUT2D eigenvalue weighted by atomic mass is 10.0. The van der Waals surface area contributed by atoms with Crippen LogP contribution in [0.15, 0.2) is 29.2 Å². The number of nitrogens with zero attached hydrogens (tertiary/aromatic N) is 1. The molecule has 0 aromatic heterocycles. The average molecular weight is 331 g/mol. The molecule has 0 radical (unpaired) electrons. The van der Waals surface area contributed by atoms with E-state index in [0.717, 1.165) is 23.2 Å². The summed E-state index contributed by atoms with van der Waals surface area (Å²) in [6.45, 7) is 0. The zero-order valence-corrected chi connectivity index (χ0v) is 13.6. The van der Waals surface area contributed by atoms with Crippen LogP contribution in [0.1, 0.15) is 25.7 Å². The smallest absolute Gasteiger partial charge is 0.246 e. The van der Waals surface area contributed by atoms with Gasteiger partial charge < -0.3 is 9.84 Å². The summed E-state index contributed by atoms with van der Waals surface area (Å²) in [6, 6.07) is 4.64. The fourth-order valence-corrected chi connectivity index (χ4v) is 4.39. The highest BCUT2D eigenvalue weighted by atomic mass is 32.2. The van der Waals surface area contributed by atoms with Crippen molar-refractivity contribution in [1.82, 2.24) is 4.31 Å². The van der Waals surface area contributed by atoms with Crippen molar-refractivity contribution in [2.45, 2.75) is 48.8 Å². The van der Waals surface area contributed by atoms with Crippen LogP contribution in [0.25, 0.3) is 0 Å². The van der Waals surface area contributed by atoms with Crippen molar-refractivity contribution in [2.24, 2.45) is 0 Å². The number of aliphatic hydroxyl groups excluding tert-OH is 1. The molecule has 1 aromatic rings. The third-order valence-corrected chi connectivity index (χ3v) is 6.19. The van der Waals surface area contributed by atoms with Crippen molar-refractivity contribution in [3.05, 3.63) is 30.1 Å². The summed E-state index contributed by atoms with van der Waals surface area (Å²) in [4.78, 5) is -0.372. The zero-order chi connectivity index (χ0) is 16.3. The van der Waals surface area contributed by atoms with Crippen molar-refractivity contribution in [3.63, 3.8) is 0 Å². The normalized spacial score (nSPS) is 26.9. The molecule has 1 N–H and O–H groups in total. The highest BCUT2D eigenvalue weighted by Gasteiger charge is 2.38. The molecule has 1 aromatic carbocycles. The second-order valence-electron chi connectivity index (χ2n) is 5.57. The molecule has 0 amide bonds. The van der Waals surface area contributed by atoms with Gasteiger partial charge in [-0.05, 0) is 25.0 Å². The minimum absolute atomic E-state index is 0.372. The van der Waals surface area contributed by atoms with Crippen LogP contribution in [0.4, 0.5) is 4.39 Å². The van der Waals surface area contributed by atoms with Crippen molar-refractivity contribution >= 4 is 10.0 Å². The van der Waals surface area contributed by atoms with Gasteiger partial charge in [0.1, 0.15) is 10.7 Å². The number of methoxy groups -OCH3 is 1. The summed E-state index contributed by atoms with van der Waals surface area (Å²) in [7, 11) is -1.12. The van der Waals surface area contributed by atoms with E-state index in [1.54, 1.807) is 0 Å². The molecule has 0 spiro atoms. The monoisotopic (exact) mass is 331 g/mol. The molecule has 1 fully saturated rings. The molecule has 2 rings (SSSR count). The predicted octanol–water partition coefficient (Wildman–Crippen LogP) is 1.76. The van der Waals surface area contributed by atoms with Gasteiger partial charge in [-0.2, -0.15) is 4.31 Å². The van der Waals surface area contributed by atoms with Crippen LogP contribution in [0.5, 0.6) is 0 Å². The largest absolute Gasteiger partial charge is 0.389 e. The summed E-state index contributed by atoms with van der Waals surface area (Å²) in [5.74, 6) is -0.791. The van der Waals surface area contributed by atoms with Crippen LogP contribution < -0.4 is 0 Å². The maximum Gasteiger partial charge on any atom is 0.246 e. The fourth-order valence-electron chi connectivity index (χ4n) is 2.93. The number of sulfonamides is 1. The first kappa shape index (κ1) is 17.3. The minimum atomic E-state index is -4.01. The van der Waals surface area contributed by atoms with E-state index >= 15 is 0 Å². The predicted molar refractivity (Wildman–Crippen MR) is 80.4 cm³/mol. The topological polar surface area (TPSA) is 66.8 Å². The highest BCUT2D eigenvalue weighted by Crippen LogP contribution is 2.28. The van der Waals surface area contributed by atoms with Gasteiger partial charge in [0, 0.05) is 14.2 Å². The number of halogens is 1. The summed E-state index contributed by atoms with van der Waals surface area (Å²) in [5.41, 5.74) is 0. The van der Waals surface area contributed by atoms with E-state index in [1.165, 1.54) is 32.4 Å². The van der Waals surface area contributed by atoms with Crippen LogP contribution in [-0.4, -0.2) is 50.2 Å². The third-order valence-electron chi connectivity index (χ3n) is 4.28. The lowest BCUT2D eigenvalue weighted by Gasteiger charge is -2.32. The van der Waals surface area contributed by atoms with Gasteiger partial charge in [-0.1, -0.05) is 25.0 Å². The lowest BCUT2D eigenvalue weighted by Crippen LogP contribution is -2.48. The second-order valence-corrected chi connectivity index (χ2v) is 7.53. The van der Waals surface area contributed by atoms with Crippen LogP contribution in [-0.2, 0) is 14.8 Å². The van der Waals surface area contributed by atoms with Gasteiger partial charge in [-0.15, -0.1) is 0 Å². The number of benzene rings is 1. The van der Waals surface area contributed by atoms with Gasteiger partial charge in [0.05, 0.1) is 18.2 Å². The Morgan fingerprint density at radius 3 is 2.55 bits per heavy atom. The summed E-state index contributed by atoms with van der Waals surface area (Å²) < 4.78 is 45.5. The lowest BCUT2D eigenvalue weighted by molar-refractivity contribution is -0.0389. The molecule has 0 saturated heterocycles. The van der Waals surface area contributed by atoms with Crippen LogP contribution in [0.3, 0.4) is 0 Å². The first-order chi connectivity index (χ1) is 10.4. The van der Waals surface area contributed by atoms with E-state index in [9.17, 15) is 17.9 Å². The molecule has 0 aliphatic heterocycles. The van der Waals surface area contributed by atoms with Crippen LogP contribution in [0.2, 0.25) is 0 Å². The standard InChI is InChI=1S/C15H22FNO4S/c1-17(12-8-4-5-9-13(21-2)15(12)18)22(19,20)14-10-6-3-7-11(14)16/h3,6-7,10,12-13,15,18H,4-5,8-9H2,1-2H3/t12-,13-,15-/m1/s1. The molecule has 0 heterocycles. The molecule has 1 aliphatic rings. The minimum Gasteiger partial charge on any atom is -0.389 e. The average Bonchev–Trinajstić information content (AvgIpc) is 2.68. The van der Waals surface area contributed by atoms with Crippen molar-refractivity contribution in [2.75, 3.05) is 14.2 Å². The third kappa shape index (κ3) is 3.32. The van der Waals surface area contributed by atoms with Crippen LogP contribution >= 0.6 is 0 Å². The van der Waals surface area contributed by atoms with Crippen molar-refractivity contribution < 1.29 is 22.7 Å². The van der Waals surface area contributed by atoms with Gasteiger partial charge in [-0.25, -0.2) is 12.8 Å². The summed E-state index contributed by atoms with van der Waals surface area (Å²) in [6.07, 6.45) is 1.51. The number of ether oxygens (including phenoxy) is 1. The molecule has 1 saturated carbocycles. The molecular formula is C15H22FNO4S. The number of aliphatic hydroxyl groups is 1. The molecular weight excluding hydrogens is 309 g/mol. The van der Waals surface area contributed by atoms with E-state index in [1.807, 2.05) is 0 Å². The Bertz CT molecular complexity index is 607. The maximum atomic E-state index is 13.8. The Balaban J connectivity index is 2.32. The van der Waals surface area contributed by atoms with Crippen molar-refractivity contribution in [1.29, 1.82) is 0 Å².